The molecule has 0 spiro atoms. The van der Waals surface area contributed by atoms with E-state index in [4.69, 9.17) is 0 Å². The van der Waals surface area contributed by atoms with Gasteiger partial charge in [0.25, 0.3) is 5.91 Å². The monoisotopic (exact) mass is 354 g/mol. The minimum absolute atomic E-state index is 0.0425. The number of aromatic nitrogens is 3. The van der Waals surface area contributed by atoms with Gasteiger partial charge in [-0.2, -0.15) is 16.9 Å². The molecule has 1 aromatic carbocycles. The van der Waals surface area contributed by atoms with E-state index in [1.807, 2.05) is 48.3 Å². The molecule has 0 fully saturated rings. The predicted octanol–water partition coefficient (Wildman–Crippen LogP) is 3.66. The van der Waals surface area contributed by atoms with Gasteiger partial charge in [0.05, 0.1) is 6.20 Å². The topological polar surface area (TPSA) is 59.3 Å². The molecule has 0 bridgehead atoms. The van der Waals surface area contributed by atoms with Crippen molar-refractivity contribution < 1.29 is 4.79 Å². The highest BCUT2D eigenvalue weighted by Gasteiger charge is 2.12. The van der Waals surface area contributed by atoms with E-state index in [-0.39, 0.29) is 10.7 Å². The van der Waals surface area contributed by atoms with Gasteiger partial charge in [0.1, 0.15) is 0 Å². The van der Waals surface area contributed by atoms with Crippen LogP contribution in [0, 0.1) is 0 Å². The van der Waals surface area contributed by atoms with Crippen molar-refractivity contribution in [2.45, 2.75) is 25.5 Å². The van der Waals surface area contributed by atoms with Gasteiger partial charge in [-0.25, -0.2) is 9.50 Å². The van der Waals surface area contributed by atoms with Gasteiger partial charge < -0.3 is 5.32 Å². The molecule has 0 unspecified atom stereocenters. The second-order valence-electron chi connectivity index (χ2n) is 6.74. The number of rotatable bonds is 5. The van der Waals surface area contributed by atoms with E-state index in [2.05, 4.69) is 36.2 Å². The molecule has 0 saturated carbocycles. The average molecular weight is 354 g/mol. The Labute approximate surface area is 151 Å². The SMILES string of the molecule is CC(C)(C)SCCNC(=O)c1ccc(-c2cnn3cccnc23)cc1. The van der Waals surface area contributed by atoms with Crippen LogP contribution in [0.1, 0.15) is 31.1 Å². The number of hydrogen-bond donors (Lipinski definition) is 1. The molecule has 0 radical (unpaired) electrons. The van der Waals surface area contributed by atoms with Gasteiger partial charge in [-0.15, -0.1) is 0 Å². The molecule has 0 saturated heterocycles. The summed E-state index contributed by atoms with van der Waals surface area (Å²) in [6.07, 6.45) is 5.41. The molecule has 2 aromatic heterocycles. The summed E-state index contributed by atoms with van der Waals surface area (Å²) < 4.78 is 1.96. The fourth-order valence-corrected chi connectivity index (χ4v) is 3.27. The molecule has 0 aliphatic carbocycles. The van der Waals surface area contributed by atoms with Gasteiger partial charge in [0.2, 0.25) is 0 Å². The van der Waals surface area contributed by atoms with E-state index < -0.39 is 0 Å². The second-order valence-corrected chi connectivity index (χ2v) is 8.66. The van der Waals surface area contributed by atoms with Gasteiger partial charge in [0, 0.05) is 40.6 Å². The third-order valence-corrected chi connectivity index (χ3v) is 4.93. The van der Waals surface area contributed by atoms with Gasteiger partial charge in [0.15, 0.2) is 5.65 Å². The molecule has 25 heavy (non-hydrogen) atoms. The maximum atomic E-state index is 12.2. The van der Waals surface area contributed by atoms with Crippen molar-refractivity contribution in [1.29, 1.82) is 0 Å². The standard InChI is InChI=1S/C19H22N4OS/c1-19(2,3)25-12-10-21-18(24)15-7-5-14(6-8-15)16-13-22-23-11-4-9-20-17(16)23/h4-9,11,13H,10,12H2,1-3H3,(H,21,24). The van der Waals surface area contributed by atoms with Crippen molar-refractivity contribution in [3.05, 3.63) is 54.5 Å². The highest BCUT2D eigenvalue weighted by atomic mass is 32.2. The fourth-order valence-electron chi connectivity index (χ4n) is 2.46. The normalized spacial score (nSPS) is 11.6. The van der Waals surface area contributed by atoms with Crippen LogP contribution < -0.4 is 5.32 Å². The van der Waals surface area contributed by atoms with Crippen LogP contribution in [0.5, 0.6) is 0 Å². The summed E-state index contributed by atoms with van der Waals surface area (Å²) in [7, 11) is 0. The van der Waals surface area contributed by atoms with Crippen molar-refractivity contribution in [1.82, 2.24) is 19.9 Å². The molecule has 0 aliphatic rings. The van der Waals surface area contributed by atoms with E-state index >= 15 is 0 Å². The molecule has 3 aromatic rings. The molecule has 0 aliphatic heterocycles. The molecule has 6 heteroatoms. The lowest BCUT2D eigenvalue weighted by Gasteiger charge is -2.17. The van der Waals surface area contributed by atoms with E-state index in [0.717, 1.165) is 22.5 Å². The highest BCUT2D eigenvalue weighted by Crippen LogP contribution is 2.24. The molecule has 130 valence electrons. The average Bonchev–Trinajstić information content (AvgIpc) is 3.02. The molecule has 3 rings (SSSR count). The lowest BCUT2D eigenvalue weighted by Crippen LogP contribution is -2.26. The van der Waals surface area contributed by atoms with Crippen molar-refractivity contribution in [2.75, 3.05) is 12.3 Å². The number of thioether (sulfide) groups is 1. The van der Waals surface area contributed by atoms with E-state index in [9.17, 15) is 4.79 Å². The summed E-state index contributed by atoms with van der Waals surface area (Å²) in [6, 6.07) is 9.40. The first kappa shape index (κ1) is 17.5. The number of amides is 1. The quantitative estimate of drug-likeness (QED) is 0.711. The van der Waals surface area contributed by atoms with Crippen LogP contribution in [0.15, 0.2) is 48.9 Å². The molecular weight excluding hydrogens is 332 g/mol. The summed E-state index contributed by atoms with van der Waals surface area (Å²) in [5, 5.41) is 7.26. The Kier molecular flexibility index (Phi) is 5.08. The minimum atomic E-state index is -0.0425. The number of carbonyl (C=O) groups excluding carboxylic acids is 1. The van der Waals surface area contributed by atoms with Crippen molar-refractivity contribution in [3.63, 3.8) is 0 Å². The zero-order valence-corrected chi connectivity index (χ0v) is 15.5. The van der Waals surface area contributed by atoms with Gasteiger partial charge in [-0.05, 0) is 23.8 Å². The molecular formula is C19H22N4OS. The van der Waals surface area contributed by atoms with Crippen LogP contribution in [0.4, 0.5) is 0 Å². The first-order chi connectivity index (χ1) is 11.9. The van der Waals surface area contributed by atoms with Crippen LogP contribution >= 0.6 is 11.8 Å². The van der Waals surface area contributed by atoms with Gasteiger partial charge in [-0.1, -0.05) is 32.9 Å². The van der Waals surface area contributed by atoms with Crippen LogP contribution in [0.2, 0.25) is 0 Å². The van der Waals surface area contributed by atoms with Crippen LogP contribution in [0.3, 0.4) is 0 Å². The predicted molar refractivity (Wildman–Crippen MR) is 103 cm³/mol. The van der Waals surface area contributed by atoms with Crippen molar-refractivity contribution in [2.24, 2.45) is 0 Å². The smallest absolute Gasteiger partial charge is 0.251 e. The van der Waals surface area contributed by atoms with Crippen molar-refractivity contribution in [3.8, 4) is 11.1 Å². The highest BCUT2D eigenvalue weighted by molar-refractivity contribution is 8.00. The third kappa shape index (κ3) is 4.39. The number of nitrogens with one attached hydrogen (secondary N) is 1. The van der Waals surface area contributed by atoms with E-state index in [1.54, 1.807) is 16.9 Å². The Bertz CT molecular complexity index is 865. The maximum Gasteiger partial charge on any atom is 0.251 e. The minimum Gasteiger partial charge on any atom is -0.351 e. The first-order valence-corrected chi connectivity index (χ1v) is 9.23. The number of carbonyl (C=O) groups is 1. The number of benzene rings is 1. The Morgan fingerprint density at radius 3 is 2.72 bits per heavy atom. The summed E-state index contributed by atoms with van der Waals surface area (Å²) >= 11 is 1.84. The zero-order valence-electron chi connectivity index (χ0n) is 14.7. The third-order valence-electron chi connectivity index (χ3n) is 3.66. The van der Waals surface area contributed by atoms with Crippen LogP contribution in [-0.4, -0.2) is 37.5 Å². The summed E-state index contributed by atoms with van der Waals surface area (Å²) in [5.41, 5.74) is 3.41. The first-order valence-electron chi connectivity index (χ1n) is 8.25. The lowest BCUT2D eigenvalue weighted by molar-refractivity contribution is 0.0956. The maximum absolute atomic E-state index is 12.2. The second kappa shape index (κ2) is 7.27. The van der Waals surface area contributed by atoms with Crippen LogP contribution in [-0.2, 0) is 0 Å². The van der Waals surface area contributed by atoms with E-state index in [0.29, 0.717) is 12.1 Å². The summed E-state index contributed by atoms with van der Waals surface area (Å²) in [5.74, 6) is 0.862. The fraction of sp³-hybridized carbons (Fsp3) is 0.316. The number of fused-ring (bicyclic) bond motifs is 1. The van der Waals surface area contributed by atoms with E-state index in [1.165, 1.54) is 0 Å². The largest absolute Gasteiger partial charge is 0.351 e. The van der Waals surface area contributed by atoms with Gasteiger partial charge >= 0.3 is 0 Å². The molecule has 5 nitrogen and oxygen atoms in total. The summed E-state index contributed by atoms with van der Waals surface area (Å²) in [6.45, 7) is 7.19. The molecule has 1 amide bonds. The Morgan fingerprint density at radius 1 is 1.24 bits per heavy atom. The Morgan fingerprint density at radius 2 is 2.00 bits per heavy atom. The lowest BCUT2D eigenvalue weighted by atomic mass is 10.1. The van der Waals surface area contributed by atoms with Crippen molar-refractivity contribution >= 4 is 23.3 Å². The number of nitrogens with zero attached hydrogens (tertiary/aromatic N) is 3. The Hall–Kier alpha value is -2.34. The zero-order chi connectivity index (χ0) is 17.9. The molecule has 1 N–H and O–H groups in total. The number of hydrogen-bond acceptors (Lipinski definition) is 4. The molecule has 2 heterocycles. The van der Waals surface area contributed by atoms with Gasteiger partial charge in [-0.3, -0.25) is 4.79 Å². The van der Waals surface area contributed by atoms with Crippen LogP contribution in [0.25, 0.3) is 16.8 Å². The Balaban J connectivity index is 1.65. The summed E-state index contributed by atoms with van der Waals surface area (Å²) in [4.78, 5) is 16.6. The molecule has 0 atom stereocenters.